The van der Waals surface area contributed by atoms with Crippen LogP contribution in [0.3, 0.4) is 0 Å². The lowest BCUT2D eigenvalue weighted by atomic mass is 10.0. The summed E-state index contributed by atoms with van der Waals surface area (Å²) in [6, 6.07) is 21.8. The number of amides is 1. The molecule has 3 aromatic carbocycles. The monoisotopic (exact) mass is 463 g/mol. The van der Waals surface area contributed by atoms with E-state index in [4.69, 9.17) is 0 Å². The molecule has 1 heterocycles. The molecule has 1 aliphatic heterocycles. The molecule has 0 aromatic heterocycles. The maximum Gasteiger partial charge on any atom is 0.255 e. The van der Waals surface area contributed by atoms with Gasteiger partial charge in [-0.3, -0.25) is 4.79 Å². The predicted molar refractivity (Wildman–Crippen MR) is 131 cm³/mol. The first-order valence-corrected chi connectivity index (χ1v) is 12.6. The molecule has 7 heteroatoms. The van der Waals surface area contributed by atoms with E-state index in [0.29, 0.717) is 31.5 Å². The van der Waals surface area contributed by atoms with Crippen LogP contribution in [0.2, 0.25) is 0 Å². The molecule has 1 saturated heterocycles. The number of likely N-dealkylation sites (tertiary alicyclic amines) is 1. The highest BCUT2D eigenvalue weighted by Gasteiger charge is 2.28. The Morgan fingerprint density at radius 3 is 2.21 bits per heavy atom. The molecule has 33 heavy (non-hydrogen) atoms. The number of anilines is 2. The third-order valence-electron chi connectivity index (χ3n) is 6.19. The van der Waals surface area contributed by atoms with Crippen molar-refractivity contribution in [2.45, 2.75) is 37.6 Å². The Balaban J connectivity index is 1.43. The molecule has 2 N–H and O–H groups in total. The van der Waals surface area contributed by atoms with E-state index in [9.17, 15) is 13.2 Å². The molecule has 0 bridgehead atoms. The van der Waals surface area contributed by atoms with Crippen LogP contribution in [0.4, 0.5) is 11.4 Å². The minimum Gasteiger partial charge on any atom is -0.355 e. The van der Waals surface area contributed by atoms with E-state index in [-0.39, 0.29) is 16.8 Å². The van der Waals surface area contributed by atoms with Crippen LogP contribution in [0.25, 0.3) is 0 Å². The van der Waals surface area contributed by atoms with E-state index in [1.165, 1.54) is 5.56 Å². The van der Waals surface area contributed by atoms with Gasteiger partial charge in [0.05, 0.1) is 16.1 Å². The number of hydrogen-bond donors (Lipinski definition) is 2. The fraction of sp³-hybridized carbons (Fsp3) is 0.269. The fourth-order valence-corrected chi connectivity index (χ4v) is 5.39. The van der Waals surface area contributed by atoms with Crippen molar-refractivity contribution in [1.82, 2.24) is 9.62 Å². The number of rotatable bonds is 6. The van der Waals surface area contributed by atoms with Crippen molar-refractivity contribution in [1.29, 1.82) is 0 Å². The maximum absolute atomic E-state index is 13.3. The predicted octanol–water partition coefficient (Wildman–Crippen LogP) is 4.63. The van der Waals surface area contributed by atoms with Crippen LogP contribution in [-0.2, 0) is 10.0 Å². The molecule has 0 atom stereocenters. The summed E-state index contributed by atoms with van der Waals surface area (Å²) < 4.78 is 28.0. The van der Waals surface area contributed by atoms with Crippen molar-refractivity contribution in [2.24, 2.45) is 0 Å². The second-order valence-corrected chi connectivity index (χ2v) is 10.1. The van der Waals surface area contributed by atoms with Crippen molar-refractivity contribution in [2.75, 3.05) is 18.4 Å². The SMILES string of the molecule is Cc1cccc(Nc2ccccc2C(=O)N2CCC(NS(=O)(=O)c3ccccc3)CC2)c1C. The van der Waals surface area contributed by atoms with Crippen molar-refractivity contribution in [3.63, 3.8) is 0 Å². The van der Waals surface area contributed by atoms with Crippen LogP contribution in [0.15, 0.2) is 77.7 Å². The molecular formula is C26H29N3O3S. The lowest BCUT2D eigenvalue weighted by Gasteiger charge is -2.32. The lowest BCUT2D eigenvalue weighted by Crippen LogP contribution is -2.46. The van der Waals surface area contributed by atoms with Gasteiger partial charge in [-0.15, -0.1) is 0 Å². The molecule has 0 aliphatic carbocycles. The molecule has 0 saturated carbocycles. The zero-order chi connectivity index (χ0) is 23.4. The van der Waals surface area contributed by atoms with Gasteiger partial charge in [0.25, 0.3) is 5.91 Å². The maximum atomic E-state index is 13.3. The standard InChI is InChI=1S/C26H29N3O3S/c1-19-9-8-14-24(20(19)2)27-25-13-7-6-12-23(25)26(30)29-17-15-21(16-18-29)28-33(31,32)22-10-4-3-5-11-22/h3-14,21,27-28H,15-18H2,1-2H3. The van der Waals surface area contributed by atoms with Crippen LogP contribution >= 0.6 is 0 Å². The normalized spacial score (nSPS) is 14.8. The number of para-hydroxylation sites is 1. The summed E-state index contributed by atoms with van der Waals surface area (Å²) in [5, 5.41) is 3.42. The second kappa shape index (κ2) is 9.77. The topological polar surface area (TPSA) is 78.5 Å². The van der Waals surface area contributed by atoms with Gasteiger partial charge in [-0.25, -0.2) is 13.1 Å². The zero-order valence-corrected chi connectivity index (χ0v) is 19.7. The highest BCUT2D eigenvalue weighted by atomic mass is 32.2. The zero-order valence-electron chi connectivity index (χ0n) is 18.9. The summed E-state index contributed by atoms with van der Waals surface area (Å²) in [5.74, 6) is -0.0484. The number of carbonyl (C=O) groups is 1. The lowest BCUT2D eigenvalue weighted by molar-refractivity contribution is 0.0712. The highest BCUT2D eigenvalue weighted by Crippen LogP contribution is 2.27. The summed E-state index contributed by atoms with van der Waals surface area (Å²) in [7, 11) is -3.56. The average molecular weight is 464 g/mol. The Bertz CT molecular complexity index is 1230. The number of carbonyl (C=O) groups excluding carboxylic acids is 1. The van der Waals surface area contributed by atoms with Crippen molar-refractivity contribution in [3.8, 4) is 0 Å². The number of aryl methyl sites for hydroxylation is 1. The summed E-state index contributed by atoms with van der Waals surface area (Å²) in [5.41, 5.74) is 4.68. The van der Waals surface area contributed by atoms with Crippen LogP contribution in [-0.4, -0.2) is 38.4 Å². The van der Waals surface area contributed by atoms with Gasteiger partial charge in [0.1, 0.15) is 0 Å². The minimum atomic E-state index is -3.56. The van der Waals surface area contributed by atoms with Gasteiger partial charge in [-0.1, -0.05) is 42.5 Å². The van der Waals surface area contributed by atoms with E-state index in [0.717, 1.165) is 16.9 Å². The number of nitrogens with one attached hydrogen (secondary N) is 2. The summed E-state index contributed by atoms with van der Waals surface area (Å²) >= 11 is 0. The molecule has 6 nitrogen and oxygen atoms in total. The van der Waals surface area contributed by atoms with Gasteiger partial charge in [-0.2, -0.15) is 0 Å². The number of nitrogens with zero attached hydrogens (tertiary/aromatic N) is 1. The van der Waals surface area contributed by atoms with E-state index in [1.807, 2.05) is 36.4 Å². The van der Waals surface area contributed by atoms with Gasteiger partial charge < -0.3 is 10.2 Å². The van der Waals surface area contributed by atoms with E-state index >= 15 is 0 Å². The van der Waals surface area contributed by atoms with E-state index in [2.05, 4.69) is 30.0 Å². The van der Waals surface area contributed by atoms with Gasteiger partial charge in [-0.05, 0) is 68.1 Å². The first kappa shape index (κ1) is 23.0. The third-order valence-corrected chi connectivity index (χ3v) is 7.73. The molecule has 172 valence electrons. The van der Waals surface area contributed by atoms with Crippen molar-refractivity contribution >= 4 is 27.3 Å². The molecule has 1 aliphatic rings. The number of hydrogen-bond acceptors (Lipinski definition) is 4. The molecule has 0 unspecified atom stereocenters. The van der Waals surface area contributed by atoms with Crippen molar-refractivity contribution in [3.05, 3.63) is 89.5 Å². The van der Waals surface area contributed by atoms with E-state index in [1.54, 1.807) is 35.2 Å². The molecule has 0 spiro atoms. The van der Waals surface area contributed by atoms with Crippen molar-refractivity contribution < 1.29 is 13.2 Å². The van der Waals surface area contributed by atoms with E-state index < -0.39 is 10.0 Å². The molecule has 1 fully saturated rings. The summed E-state index contributed by atoms with van der Waals surface area (Å²) in [6.07, 6.45) is 1.15. The van der Waals surface area contributed by atoms with Crippen LogP contribution in [0, 0.1) is 13.8 Å². The molecule has 4 rings (SSSR count). The Labute approximate surface area is 195 Å². The Hall–Kier alpha value is -3.16. The van der Waals surface area contributed by atoms with Crippen LogP contribution in [0.1, 0.15) is 34.3 Å². The summed E-state index contributed by atoms with van der Waals surface area (Å²) in [6.45, 7) is 5.12. The molecular weight excluding hydrogens is 434 g/mol. The average Bonchev–Trinajstić information content (AvgIpc) is 2.83. The minimum absolute atomic E-state index is 0.0484. The Morgan fingerprint density at radius 2 is 1.48 bits per heavy atom. The van der Waals surface area contributed by atoms with Crippen LogP contribution in [0.5, 0.6) is 0 Å². The van der Waals surface area contributed by atoms with Gasteiger partial charge in [0.15, 0.2) is 0 Å². The number of benzene rings is 3. The van der Waals surface area contributed by atoms with Gasteiger partial charge in [0, 0.05) is 24.8 Å². The smallest absolute Gasteiger partial charge is 0.255 e. The largest absolute Gasteiger partial charge is 0.355 e. The first-order valence-electron chi connectivity index (χ1n) is 11.1. The number of sulfonamides is 1. The first-order chi connectivity index (χ1) is 15.8. The number of piperidine rings is 1. The van der Waals surface area contributed by atoms with Crippen LogP contribution < -0.4 is 10.0 Å². The third kappa shape index (κ3) is 5.26. The summed E-state index contributed by atoms with van der Waals surface area (Å²) in [4.78, 5) is 15.4. The molecule has 1 amide bonds. The Kier molecular flexibility index (Phi) is 6.81. The molecule has 0 radical (unpaired) electrons. The fourth-order valence-electron chi connectivity index (χ4n) is 4.07. The molecule has 3 aromatic rings. The Morgan fingerprint density at radius 1 is 0.848 bits per heavy atom. The quantitative estimate of drug-likeness (QED) is 0.559. The van der Waals surface area contributed by atoms with Gasteiger partial charge >= 0.3 is 0 Å². The highest BCUT2D eigenvalue weighted by molar-refractivity contribution is 7.89. The van der Waals surface area contributed by atoms with Gasteiger partial charge in [0.2, 0.25) is 10.0 Å². The second-order valence-electron chi connectivity index (χ2n) is 8.42.